The van der Waals surface area contributed by atoms with Crippen molar-refractivity contribution in [3.8, 4) is 5.75 Å². The number of hydrogen-bond acceptors (Lipinski definition) is 5. The molecule has 0 saturated carbocycles. The molecule has 0 atom stereocenters. The molecule has 1 N–H and O–H groups in total. The highest BCUT2D eigenvalue weighted by atomic mass is 16.5. The fraction of sp³-hybridized carbons (Fsp3) is 0.179. The van der Waals surface area contributed by atoms with Gasteiger partial charge in [0.1, 0.15) is 23.7 Å². The van der Waals surface area contributed by atoms with Gasteiger partial charge in [0, 0.05) is 22.7 Å². The smallest absolute Gasteiger partial charge is 0.331 e. The van der Waals surface area contributed by atoms with Crippen molar-refractivity contribution in [3.63, 3.8) is 0 Å². The quantitative estimate of drug-likeness (QED) is 0.307. The molecule has 0 aliphatic carbocycles. The largest absolute Gasteiger partial charge is 0.491 e. The van der Waals surface area contributed by atoms with Gasteiger partial charge >= 0.3 is 6.03 Å². The maximum Gasteiger partial charge on any atom is 0.331 e. The number of imide groups is 2. The number of ether oxygens (including phenoxy) is 1. The van der Waals surface area contributed by atoms with Gasteiger partial charge in [0.2, 0.25) is 0 Å². The molecule has 182 valence electrons. The third-order valence-electron chi connectivity index (χ3n) is 6.19. The number of nitrogens with zero attached hydrogens (tertiary/aromatic N) is 2. The number of para-hydroxylation sites is 2. The summed E-state index contributed by atoms with van der Waals surface area (Å²) in [6.07, 6.45) is 4.88. The van der Waals surface area contributed by atoms with Crippen LogP contribution in [0.1, 0.15) is 22.5 Å². The highest BCUT2D eigenvalue weighted by Gasteiger charge is 2.36. The monoisotopic (exact) mass is 483 g/mol. The van der Waals surface area contributed by atoms with E-state index >= 15 is 0 Å². The second kappa shape index (κ2) is 9.58. The lowest BCUT2D eigenvalue weighted by Gasteiger charge is -2.25. The number of aryl methyl sites for hydroxylation is 2. The number of furan rings is 1. The molecule has 2 aromatic carbocycles. The van der Waals surface area contributed by atoms with Gasteiger partial charge in [-0.15, -0.1) is 0 Å². The predicted molar refractivity (Wildman–Crippen MR) is 134 cm³/mol. The normalized spacial score (nSPS) is 15.1. The van der Waals surface area contributed by atoms with Crippen molar-refractivity contribution in [2.45, 2.75) is 26.9 Å². The fourth-order valence-corrected chi connectivity index (χ4v) is 4.40. The molecule has 2 aromatic heterocycles. The molecule has 1 saturated heterocycles. The van der Waals surface area contributed by atoms with E-state index in [0.29, 0.717) is 24.5 Å². The molecule has 0 unspecified atom stereocenters. The number of nitrogens with one attached hydrogen (secondary N) is 1. The molecule has 8 nitrogen and oxygen atoms in total. The Labute approximate surface area is 207 Å². The van der Waals surface area contributed by atoms with Crippen molar-refractivity contribution in [1.29, 1.82) is 0 Å². The second-order valence-electron chi connectivity index (χ2n) is 8.65. The molecule has 0 bridgehead atoms. The first-order chi connectivity index (χ1) is 17.4. The van der Waals surface area contributed by atoms with E-state index in [1.807, 2.05) is 67.1 Å². The minimum Gasteiger partial charge on any atom is -0.491 e. The lowest BCUT2D eigenvalue weighted by Crippen LogP contribution is -2.53. The standard InChI is InChI=1S/C28H25N3O5/c1-18-7-5-8-19(2)25(18)36-14-12-30-16-20(22-10-3-4-11-24(22)30)15-23-26(32)29-28(34)31(27(23)33)17-21-9-6-13-35-21/h3-11,13,15-16H,12,14,17H2,1-2H3,(H,29,32,34)/b23-15+. The number of aromatic nitrogens is 1. The minimum absolute atomic E-state index is 0.0697. The highest BCUT2D eigenvalue weighted by Crippen LogP contribution is 2.26. The lowest BCUT2D eigenvalue weighted by atomic mass is 10.1. The van der Waals surface area contributed by atoms with Crippen LogP contribution in [-0.4, -0.2) is 33.9 Å². The van der Waals surface area contributed by atoms with Gasteiger partial charge in [0.15, 0.2) is 0 Å². The maximum absolute atomic E-state index is 13.1. The number of carbonyl (C=O) groups excluding carboxylic acids is 3. The number of hydrogen-bond donors (Lipinski definition) is 1. The zero-order valence-corrected chi connectivity index (χ0v) is 20.0. The minimum atomic E-state index is -0.773. The molecule has 0 radical (unpaired) electrons. The summed E-state index contributed by atoms with van der Waals surface area (Å²) >= 11 is 0. The van der Waals surface area contributed by atoms with Gasteiger partial charge in [-0.2, -0.15) is 0 Å². The van der Waals surface area contributed by atoms with E-state index in [1.54, 1.807) is 12.1 Å². The number of benzene rings is 2. The van der Waals surface area contributed by atoms with Gasteiger partial charge in [-0.1, -0.05) is 36.4 Å². The van der Waals surface area contributed by atoms with Crippen LogP contribution in [-0.2, 0) is 22.7 Å². The number of amides is 4. The second-order valence-corrected chi connectivity index (χ2v) is 8.65. The summed E-state index contributed by atoms with van der Waals surface area (Å²) in [4.78, 5) is 39.0. The molecule has 5 rings (SSSR count). The third kappa shape index (κ3) is 4.40. The summed E-state index contributed by atoms with van der Waals surface area (Å²) in [6.45, 7) is 4.99. The van der Waals surface area contributed by atoms with Crippen LogP contribution in [0.3, 0.4) is 0 Å². The molecule has 4 amide bonds. The van der Waals surface area contributed by atoms with Crippen molar-refractivity contribution in [3.05, 3.63) is 95.1 Å². The molecule has 1 aliphatic heterocycles. The Balaban J connectivity index is 1.42. The summed E-state index contributed by atoms with van der Waals surface area (Å²) in [5.41, 5.74) is 3.68. The van der Waals surface area contributed by atoms with Crippen molar-refractivity contribution < 1.29 is 23.5 Å². The Bertz CT molecular complexity index is 1480. The zero-order chi connectivity index (χ0) is 25.2. The van der Waals surface area contributed by atoms with E-state index in [2.05, 4.69) is 5.32 Å². The average molecular weight is 484 g/mol. The van der Waals surface area contributed by atoms with Gasteiger partial charge < -0.3 is 13.7 Å². The number of fused-ring (bicyclic) bond motifs is 1. The SMILES string of the molecule is Cc1cccc(C)c1OCCn1cc(/C=C2\C(=O)NC(=O)N(Cc3ccco3)C2=O)c2ccccc21. The van der Waals surface area contributed by atoms with Crippen LogP contribution in [0.25, 0.3) is 17.0 Å². The van der Waals surface area contributed by atoms with Crippen LogP contribution in [0.2, 0.25) is 0 Å². The third-order valence-corrected chi connectivity index (χ3v) is 6.19. The number of carbonyl (C=O) groups is 3. The number of barbiturate groups is 1. The molecule has 1 fully saturated rings. The molecule has 1 aliphatic rings. The Morgan fingerprint density at radius 3 is 2.50 bits per heavy atom. The Hall–Kier alpha value is -4.59. The Kier molecular flexibility index (Phi) is 6.16. The molecule has 0 spiro atoms. The summed E-state index contributed by atoms with van der Waals surface area (Å²) < 4.78 is 13.4. The van der Waals surface area contributed by atoms with Crippen molar-refractivity contribution >= 4 is 34.8 Å². The topological polar surface area (TPSA) is 93.8 Å². The summed E-state index contributed by atoms with van der Waals surface area (Å²) in [6, 6.07) is 16.3. The summed E-state index contributed by atoms with van der Waals surface area (Å²) in [5, 5.41) is 3.13. The molecular formula is C28H25N3O5. The fourth-order valence-electron chi connectivity index (χ4n) is 4.40. The summed E-state index contributed by atoms with van der Waals surface area (Å²) in [7, 11) is 0. The Morgan fingerprint density at radius 1 is 0.972 bits per heavy atom. The molecular weight excluding hydrogens is 458 g/mol. The van der Waals surface area contributed by atoms with E-state index in [9.17, 15) is 14.4 Å². The van der Waals surface area contributed by atoms with E-state index in [1.165, 1.54) is 12.3 Å². The maximum atomic E-state index is 13.1. The lowest BCUT2D eigenvalue weighted by molar-refractivity contribution is -0.130. The van der Waals surface area contributed by atoms with Crippen molar-refractivity contribution in [2.24, 2.45) is 0 Å². The first kappa shape index (κ1) is 23.2. The van der Waals surface area contributed by atoms with Crippen LogP contribution in [0, 0.1) is 13.8 Å². The van der Waals surface area contributed by atoms with Gasteiger partial charge in [-0.25, -0.2) is 4.79 Å². The van der Waals surface area contributed by atoms with Crippen molar-refractivity contribution in [2.75, 3.05) is 6.61 Å². The van der Waals surface area contributed by atoms with Gasteiger partial charge in [-0.3, -0.25) is 19.8 Å². The predicted octanol–water partition coefficient (Wildman–Crippen LogP) is 4.59. The van der Waals surface area contributed by atoms with Crippen molar-refractivity contribution in [1.82, 2.24) is 14.8 Å². The molecule has 36 heavy (non-hydrogen) atoms. The van der Waals surface area contributed by atoms with Crippen LogP contribution in [0.15, 0.2) is 77.0 Å². The van der Waals surface area contributed by atoms with E-state index in [4.69, 9.17) is 9.15 Å². The van der Waals surface area contributed by atoms with Gasteiger partial charge in [-0.05, 0) is 49.2 Å². The number of rotatable bonds is 7. The summed E-state index contributed by atoms with van der Waals surface area (Å²) in [5.74, 6) is -0.0824. The van der Waals surface area contributed by atoms with Gasteiger partial charge in [0.05, 0.1) is 19.4 Å². The van der Waals surface area contributed by atoms with Crippen LogP contribution in [0.5, 0.6) is 5.75 Å². The first-order valence-electron chi connectivity index (χ1n) is 11.6. The van der Waals surface area contributed by atoms with Crippen LogP contribution in [0.4, 0.5) is 4.79 Å². The molecule has 8 heteroatoms. The first-order valence-corrected chi connectivity index (χ1v) is 11.6. The van der Waals surface area contributed by atoms with Crippen LogP contribution >= 0.6 is 0 Å². The van der Waals surface area contributed by atoms with Crippen LogP contribution < -0.4 is 10.1 Å². The van der Waals surface area contributed by atoms with E-state index < -0.39 is 17.8 Å². The van der Waals surface area contributed by atoms with Gasteiger partial charge in [0.25, 0.3) is 11.8 Å². The van der Waals surface area contributed by atoms with E-state index in [0.717, 1.165) is 32.7 Å². The molecule has 4 aromatic rings. The Morgan fingerprint density at radius 2 is 1.75 bits per heavy atom. The number of urea groups is 1. The van der Waals surface area contributed by atoms with E-state index in [-0.39, 0.29) is 12.1 Å². The highest BCUT2D eigenvalue weighted by molar-refractivity contribution is 6.31. The zero-order valence-electron chi connectivity index (χ0n) is 20.0. The molecule has 3 heterocycles. The average Bonchev–Trinajstić information content (AvgIpc) is 3.49.